The Kier molecular flexibility index (Phi) is 6.20. The first-order valence-electron chi connectivity index (χ1n) is 6.72. The highest BCUT2D eigenvalue weighted by molar-refractivity contribution is 7.80. The molecule has 1 rings (SSSR count). The number of rotatable bonds is 5. The molecule has 0 aromatic carbocycles. The molecule has 0 aliphatic heterocycles. The van der Waals surface area contributed by atoms with Crippen molar-refractivity contribution in [2.24, 2.45) is 17.3 Å². The fourth-order valence-corrected chi connectivity index (χ4v) is 2.96. The molecule has 2 heteroatoms. The molecule has 1 saturated carbocycles. The van der Waals surface area contributed by atoms with Crippen LogP contribution in [0.3, 0.4) is 0 Å². The first-order chi connectivity index (χ1) is 7.54. The van der Waals surface area contributed by atoms with Gasteiger partial charge in [-0.1, -0.05) is 40.0 Å². The summed E-state index contributed by atoms with van der Waals surface area (Å²) in [7, 11) is 0. The van der Waals surface area contributed by atoms with Crippen molar-refractivity contribution in [3.63, 3.8) is 0 Å². The first-order valence-corrected chi connectivity index (χ1v) is 7.36. The van der Waals surface area contributed by atoms with Gasteiger partial charge in [0.15, 0.2) is 0 Å². The van der Waals surface area contributed by atoms with Crippen LogP contribution in [0, 0.1) is 17.3 Å². The second kappa shape index (κ2) is 6.90. The molecule has 1 aliphatic rings. The normalized spacial score (nSPS) is 21.0. The molecule has 0 radical (unpaired) electrons. The zero-order valence-electron chi connectivity index (χ0n) is 11.2. The summed E-state index contributed by atoms with van der Waals surface area (Å²) in [6.07, 6.45) is 6.99. The van der Waals surface area contributed by atoms with Gasteiger partial charge in [-0.25, -0.2) is 0 Å². The Morgan fingerprint density at radius 3 is 2.31 bits per heavy atom. The van der Waals surface area contributed by atoms with Crippen LogP contribution < -0.4 is 0 Å². The van der Waals surface area contributed by atoms with Crippen LogP contribution in [0.1, 0.15) is 52.9 Å². The van der Waals surface area contributed by atoms with E-state index in [1.54, 1.807) is 0 Å². The third-order valence-corrected chi connectivity index (χ3v) is 4.28. The molecule has 0 bridgehead atoms. The number of hydrogen-bond donors (Lipinski definition) is 1. The predicted octanol–water partition coefficient (Wildman–Crippen LogP) is 4.18. The second-order valence-corrected chi connectivity index (χ2v) is 6.65. The van der Waals surface area contributed by atoms with Gasteiger partial charge in [-0.15, -0.1) is 0 Å². The van der Waals surface area contributed by atoms with Gasteiger partial charge < -0.3 is 4.74 Å². The van der Waals surface area contributed by atoms with Crippen molar-refractivity contribution in [1.82, 2.24) is 0 Å². The minimum atomic E-state index is 0.314. The Morgan fingerprint density at radius 2 is 1.81 bits per heavy atom. The van der Waals surface area contributed by atoms with E-state index in [4.69, 9.17) is 4.74 Å². The maximum Gasteiger partial charge on any atom is 0.0507 e. The molecule has 0 heterocycles. The van der Waals surface area contributed by atoms with Crippen LogP contribution in [0.5, 0.6) is 0 Å². The van der Waals surface area contributed by atoms with Crippen LogP contribution in [0.2, 0.25) is 0 Å². The van der Waals surface area contributed by atoms with Crippen LogP contribution in [-0.4, -0.2) is 19.0 Å². The van der Waals surface area contributed by atoms with E-state index < -0.39 is 0 Å². The minimum absolute atomic E-state index is 0.314. The molecule has 0 saturated heterocycles. The van der Waals surface area contributed by atoms with E-state index in [0.29, 0.717) is 11.3 Å². The Labute approximate surface area is 107 Å². The fraction of sp³-hybridized carbons (Fsp3) is 1.00. The summed E-state index contributed by atoms with van der Waals surface area (Å²) in [5.74, 6) is 2.32. The highest BCUT2D eigenvalue weighted by Crippen LogP contribution is 2.28. The van der Waals surface area contributed by atoms with Gasteiger partial charge in [0.1, 0.15) is 0 Å². The molecular formula is C14H28OS. The van der Waals surface area contributed by atoms with E-state index in [2.05, 4.69) is 33.4 Å². The summed E-state index contributed by atoms with van der Waals surface area (Å²) < 4.78 is 5.90. The average molecular weight is 244 g/mol. The second-order valence-electron chi connectivity index (χ2n) is 6.29. The molecule has 1 nitrogen and oxygen atoms in total. The van der Waals surface area contributed by atoms with Gasteiger partial charge in [0.05, 0.1) is 6.61 Å². The van der Waals surface area contributed by atoms with Crippen LogP contribution in [-0.2, 0) is 4.74 Å². The smallest absolute Gasteiger partial charge is 0.0507 e. The molecule has 1 fully saturated rings. The zero-order valence-corrected chi connectivity index (χ0v) is 12.1. The zero-order chi connectivity index (χ0) is 12.0. The van der Waals surface area contributed by atoms with Crippen molar-refractivity contribution in [3.05, 3.63) is 0 Å². The van der Waals surface area contributed by atoms with Gasteiger partial charge in [-0.2, -0.15) is 12.6 Å². The van der Waals surface area contributed by atoms with E-state index in [0.717, 1.165) is 24.9 Å². The van der Waals surface area contributed by atoms with Crippen molar-refractivity contribution >= 4 is 12.6 Å². The monoisotopic (exact) mass is 244 g/mol. The number of hydrogen-bond acceptors (Lipinski definition) is 2. The lowest BCUT2D eigenvalue weighted by molar-refractivity contribution is 0.0373. The lowest BCUT2D eigenvalue weighted by atomic mass is 9.82. The summed E-state index contributed by atoms with van der Waals surface area (Å²) in [6, 6.07) is 0. The summed E-state index contributed by atoms with van der Waals surface area (Å²) >= 11 is 4.43. The highest BCUT2D eigenvalue weighted by Gasteiger charge is 2.24. The summed E-state index contributed by atoms with van der Waals surface area (Å²) in [5, 5.41) is 0. The van der Waals surface area contributed by atoms with Crippen molar-refractivity contribution in [2.45, 2.75) is 52.9 Å². The first kappa shape index (κ1) is 14.4. The Morgan fingerprint density at radius 1 is 1.19 bits per heavy atom. The maximum absolute atomic E-state index is 5.90. The molecule has 0 amide bonds. The Balaban J connectivity index is 2.17. The minimum Gasteiger partial charge on any atom is -0.381 e. The third kappa shape index (κ3) is 5.09. The highest BCUT2D eigenvalue weighted by atomic mass is 32.1. The SMILES string of the molecule is CC(C)(C)C(CS)COCC1CCCCC1. The number of ether oxygens (including phenoxy) is 1. The topological polar surface area (TPSA) is 9.23 Å². The molecule has 96 valence electrons. The fourth-order valence-electron chi connectivity index (χ4n) is 2.31. The molecule has 0 aromatic rings. The van der Waals surface area contributed by atoms with Crippen molar-refractivity contribution in [3.8, 4) is 0 Å². The molecule has 0 aromatic heterocycles. The van der Waals surface area contributed by atoms with Gasteiger partial charge in [0.2, 0.25) is 0 Å². The van der Waals surface area contributed by atoms with E-state index in [-0.39, 0.29) is 0 Å². The Hall–Kier alpha value is 0.310. The van der Waals surface area contributed by atoms with Gasteiger partial charge in [-0.3, -0.25) is 0 Å². The van der Waals surface area contributed by atoms with Crippen LogP contribution in [0.4, 0.5) is 0 Å². The molecule has 16 heavy (non-hydrogen) atoms. The largest absolute Gasteiger partial charge is 0.381 e. The summed E-state index contributed by atoms with van der Waals surface area (Å²) in [6.45, 7) is 8.68. The lowest BCUT2D eigenvalue weighted by Crippen LogP contribution is -2.28. The van der Waals surface area contributed by atoms with Gasteiger partial charge >= 0.3 is 0 Å². The van der Waals surface area contributed by atoms with Crippen LogP contribution >= 0.6 is 12.6 Å². The quantitative estimate of drug-likeness (QED) is 0.714. The molecule has 1 unspecified atom stereocenters. The maximum atomic E-state index is 5.90. The summed E-state index contributed by atoms with van der Waals surface area (Å²) in [5.41, 5.74) is 0.314. The molecule has 0 N–H and O–H groups in total. The molecule has 1 aliphatic carbocycles. The lowest BCUT2D eigenvalue weighted by Gasteiger charge is -2.30. The molecule has 0 spiro atoms. The van der Waals surface area contributed by atoms with Crippen molar-refractivity contribution in [2.75, 3.05) is 19.0 Å². The van der Waals surface area contributed by atoms with Gasteiger partial charge in [0.25, 0.3) is 0 Å². The predicted molar refractivity (Wildman–Crippen MR) is 74.2 cm³/mol. The summed E-state index contributed by atoms with van der Waals surface area (Å²) in [4.78, 5) is 0. The van der Waals surface area contributed by atoms with Crippen LogP contribution in [0.25, 0.3) is 0 Å². The molecule has 1 atom stereocenters. The average Bonchev–Trinajstić information content (AvgIpc) is 2.24. The van der Waals surface area contributed by atoms with Crippen LogP contribution in [0.15, 0.2) is 0 Å². The van der Waals surface area contributed by atoms with Gasteiger partial charge in [0, 0.05) is 6.61 Å². The third-order valence-electron chi connectivity index (χ3n) is 3.84. The van der Waals surface area contributed by atoms with Crippen molar-refractivity contribution < 1.29 is 4.74 Å². The van der Waals surface area contributed by atoms with E-state index in [9.17, 15) is 0 Å². The van der Waals surface area contributed by atoms with E-state index in [1.807, 2.05) is 0 Å². The standard InChI is InChI=1S/C14H28OS/c1-14(2,3)13(11-16)10-15-9-12-7-5-4-6-8-12/h12-13,16H,4-11H2,1-3H3. The van der Waals surface area contributed by atoms with Crippen molar-refractivity contribution in [1.29, 1.82) is 0 Å². The molecular weight excluding hydrogens is 216 g/mol. The van der Waals surface area contributed by atoms with Gasteiger partial charge in [-0.05, 0) is 35.8 Å². The number of thiol groups is 1. The van der Waals surface area contributed by atoms with E-state index >= 15 is 0 Å². The van der Waals surface area contributed by atoms with E-state index in [1.165, 1.54) is 32.1 Å². The Bertz CT molecular complexity index is 180.